The molecule has 1 unspecified atom stereocenters. The fourth-order valence-corrected chi connectivity index (χ4v) is 2.97. The lowest BCUT2D eigenvalue weighted by Crippen LogP contribution is -2.48. The molecule has 0 spiro atoms. The van der Waals surface area contributed by atoms with Crippen molar-refractivity contribution in [3.8, 4) is 0 Å². The van der Waals surface area contributed by atoms with Crippen molar-refractivity contribution in [3.63, 3.8) is 0 Å². The molecule has 0 saturated heterocycles. The molecule has 25 heavy (non-hydrogen) atoms. The van der Waals surface area contributed by atoms with Crippen LogP contribution in [0, 0.1) is 0 Å². The average molecular weight is 373 g/mol. The van der Waals surface area contributed by atoms with Crippen LogP contribution in [0.5, 0.6) is 0 Å². The third kappa shape index (κ3) is 10.2. The highest BCUT2D eigenvalue weighted by atomic mass is 32.2. The van der Waals surface area contributed by atoms with Gasteiger partial charge in [0.2, 0.25) is 0 Å². The van der Waals surface area contributed by atoms with E-state index in [0.717, 1.165) is 11.8 Å². The van der Waals surface area contributed by atoms with Gasteiger partial charge in [-0.1, -0.05) is 30.3 Å². The zero-order valence-corrected chi connectivity index (χ0v) is 15.9. The van der Waals surface area contributed by atoms with Gasteiger partial charge in [0.1, 0.15) is 15.4 Å². The molecule has 0 heterocycles. The minimum absolute atomic E-state index is 0.121. The Balaban J connectivity index is 2.63. The first-order valence-corrected chi connectivity index (χ1v) is 9.99. The second-order valence-corrected chi connectivity index (χ2v) is 9.04. The molecule has 2 N–H and O–H groups in total. The van der Waals surface area contributed by atoms with E-state index in [0.29, 0.717) is 0 Å². The summed E-state index contributed by atoms with van der Waals surface area (Å²) in [6.07, 6.45) is -0.337. The molecule has 0 aliphatic heterocycles. The maximum Gasteiger partial charge on any atom is 0.320 e. The third-order valence-corrected chi connectivity index (χ3v) is 3.98. The highest BCUT2D eigenvalue weighted by molar-refractivity contribution is 7.90. The fraction of sp³-hybridized carbons (Fsp3) is 0.588. The molecular weight excluding hydrogens is 346 g/mol. The Morgan fingerprint density at radius 1 is 1.24 bits per heavy atom. The molecular formula is C17H27NO6S. The van der Waals surface area contributed by atoms with Crippen LogP contribution >= 0.6 is 0 Å². The summed E-state index contributed by atoms with van der Waals surface area (Å²) in [7, 11) is -3.39. The number of nitrogens with one attached hydrogen (secondary N) is 1. The summed E-state index contributed by atoms with van der Waals surface area (Å²) in [5.41, 5.74) is 0.194. The number of aliphatic hydroxyl groups excluding tert-OH is 1. The lowest BCUT2D eigenvalue weighted by Gasteiger charge is -2.25. The topological polar surface area (TPSA) is 102 Å². The maximum atomic E-state index is 11.8. The maximum absolute atomic E-state index is 11.8. The van der Waals surface area contributed by atoms with Crippen LogP contribution in [0.15, 0.2) is 30.3 Å². The number of ether oxygens (including phenoxy) is 2. The standard InChI is InChI=1S/C17H27NO6S/c1-17(2,3)24-15(19)10-18-14(12-25(4,21)22)16(20)23-11-13-8-6-5-7-9-13/h5-9,14,16,18,20H,10-12H2,1-4H3/t14?,16-/m0/s1. The predicted molar refractivity (Wildman–Crippen MR) is 94.6 cm³/mol. The summed E-state index contributed by atoms with van der Waals surface area (Å²) in [6.45, 7) is 5.09. The first-order valence-electron chi connectivity index (χ1n) is 7.93. The van der Waals surface area contributed by atoms with Gasteiger partial charge < -0.3 is 14.6 Å². The second-order valence-electron chi connectivity index (χ2n) is 6.85. The smallest absolute Gasteiger partial charge is 0.320 e. The highest BCUT2D eigenvalue weighted by Gasteiger charge is 2.26. The summed E-state index contributed by atoms with van der Waals surface area (Å²) in [5.74, 6) is -0.910. The van der Waals surface area contributed by atoms with Gasteiger partial charge in [-0.2, -0.15) is 0 Å². The van der Waals surface area contributed by atoms with E-state index in [4.69, 9.17) is 9.47 Å². The van der Waals surface area contributed by atoms with Gasteiger partial charge in [-0.05, 0) is 26.3 Å². The average Bonchev–Trinajstić information content (AvgIpc) is 2.47. The molecule has 0 aromatic heterocycles. The van der Waals surface area contributed by atoms with E-state index in [9.17, 15) is 18.3 Å². The van der Waals surface area contributed by atoms with Gasteiger partial charge >= 0.3 is 5.97 Å². The van der Waals surface area contributed by atoms with Gasteiger partial charge in [0.05, 0.1) is 24.9 Å². The van der Waals surface area contributed by atoms with Crippen molar-refractivity contribution in [2.75, 3.05) is 18.6 Å². The molecule has 8 heteroatoms. The summed E-state index contributed by atoms with van der Waals surface area (Å²) in [4.78, 5) is 11.8. The Labute approximate surface area is 149 Å². The van der Waals surface area contributed by atoms with E-state index in [1.165, 1.54) is 0 Å². The van der Waals surface area contributed by atoms with Crippen LogP contribution in [-0.2, 0) is 30.7 Å². The molecule has 1 aromatic rings. The predicted octanol–water partition coefficient (Wildman–Crippen LogP) is 0.866. The molecule has 0 radical (unpaired) electrons. The van der Waals surface area contributed by atoms with Crippen molar-refractivity contribution < 1.29 is 27.8 Å². The summed E-state index contributed by atoms with van der Waals surface area (Å²) in [5, 5.41) is 12.9. The van der Waals surface area contributed by atoms with Crippen LogP contribution in [0.25, 0.3) is 0 Å². The van der Waals surface area contributed by atoms with Gasteiger partial charge in [0.15, 0.2) is 6.29 Å². The zero-order chi connectivity index (χ0) is 19.1. The van der Waals surface area contributed by atoms with Crippen molar-refractivity contribution in [3.05, 3.63) is 35.9 Å². The number of esters is 1. The number of benzene rings is 1. The van der Waals surface area contributed by atoms with Gasteiger partial charge in [0.25, 0.3) is 0 Å². The van der Waals surface area contributed by atoms with E-state index in [-0.39, 0.29) is 18.9 Å². The minimum Gasteiger partial charge on any atom is -0.459 e. The molecule has 7 nitrogen and oxygen atoms in total. The van der Waals surface area contributed by atoms with Gasteiger partial charge in [-0.25, -0.2) is 8.42 Å². The lowest BCUT2D eigenvalue weighted by atomic mass is 10.2. The quantitative estimate of drug-likeness (QED) is 0.489. The number of carbonyl (C=O) groups excluding carboxylic acids is 1. The van der Waals surface area contributed by atoms with E-state index < -0.39 is 33.7 Å². The number of aliphatic hydroxyl groups is 1. The second kappa shape index (κ2) is 9.28. The third-order valence-electron chi connectivity index (χ3n) is 3.02. The van der Waals surface area contributed by atoms with Crippen LogP contribution in [0.1, 0.15) is 26.3 Å². The molecule has 1 rings (SSSR count). The monoisotopic (exact) mass is 373 g/mol. The molecule has 1 aromatic carbocycles. The first-order chi connectivity index (χ1) is 11.5. The Morgan fingerprint density at radius 2 is 1.84 bits per heavy atom. The molecule has 0 bridgehead atoms. The number of hydrogen-bond acceptors (Lipinski definition) is 7. The Hall–Kier alpha value is -1.48. The van der Waals surface area contributed by atoms with Crippen LogP contribution in [0.4, 0.5) is 0 Å². The van der Waals surface area contributed by atoms with E-state index in [2.05, 4.69) is 5.32 Å². The lowest BCUT2D eigenvalue weighted by molar-refractivity contribution is -0.155. The molecule has 0 fully saturated rings. The largest absolute Gasteiger partial charge is 0.459 e. The highest BCUT2D eigenvalue weighted by Crippen LogP contribution is 2.08. The molecule has 0 amide bonds. The van der Waals surface area contributed by atoms with E-state index >= 15 is 0 Å². The van der Waals surface area contributed by atoms with Crippen molar-refractivity contribution >= 4 is 15.8 Å². The van der Waals surface area contributed by atoms with Crippen molar-refractivity contribution in [2.24, 2.45) is 0 Å². The molecule has 0 aliphatic carbocycles. The van der Waals surface area contributed by atoms with Gasteiger partial charge in [-0.3, -0.25) is 10.1 Å². The number of sulfone groups is 1. The minimum atomic E-state index is -3.39. The molecule has 142 valence electrons. The molecule has 0 aliphatic rings. The number of rotatable bonds is 9. The van der Waals surface area contributed by atoms with Crippen molar-refractivity contribution in [1.82, 2.24) is 5.32 Å². The SMILES string of the molecule is CC(C)(C)OC(=O)CNC(CS(C)(=O)=O)[C@@H](O)OCc1ccccc1. The van der Waals surface area contributed by atoms with Gasteiger partial charge in [0, 0.05) is 6.26 Å². The van der Waals surface area contributed by atoms with E-state index in [1.54, 1.807) is 20.8 Å². The van der Waals surface area contributed by atoms with Crippen molar-refractivity contribution in [2.45, 2.75) is 45.3 Å². The Morgan fingerprint density at radius 3 is 2.36 bits per heavy atom. The van der Waals surface area contributed by atoms with Crippen LogP contribution in [-0.4, -0.2) is 56.0 Å². The number of hydrogen-bond donors (Lipinski definition) is 2. The fourth-order valence-electron chi connectivity index (χ4n) is 2.03. The summed E-state index contributed by atoms with van der Waals surface area (Å²) < 4.78 is 33.6. The summed E-state index contributed by atoms with van der Waals surface area (Å²) >= 11 is 0. The first kappa shape index (κ1) is 21.6. The van der Waals surface area contributed by atoms with Crippen molar-refractivity contribution in [1.29, 1.82) is 0 Å². The Bertz CT molecular complexity index is 639. The van der Waals surface area contributed by atoms with Gasteiger partial charge in [-0.15, -0.1) is 0 Å². The molecule has 0 saturated carbocycles. The summed E-state index contributed by atoms with van der Waals surface area (Å²) in [6, 6.07) is 8.22. The Kier molecular flexibility index (Phi) is 8.01. The van der Waals surface area contributed by atoms with E-state index in [1.807, 2.05) is 30.3 Å². The zero-order valence-electron chi connectivity index (χ0n) is 15.1. The number of carbonyl (C=O) groups is 1. The van der Waals surface area contributed by atoms with Crippen LogP contribution in [0.2, 0.25) is 0 Å². The normalized spacial score (nSPS) is 14.8. The van der Waals surface area contributed by atoms with Crippen LogP contribution < -0.4 is 5.32 Å². The van der Waals surface area contributed by atoms with Crippen LogP contribution in [0.3, 0.4) is 0 Å². The molecule has 2 atom stereocenters.